The van der Waals surface area contributed by atoms with E-state index >= 15 is 0 Å². The quantitative estimate of drug-likeness (QED) is 0.0318. The number of carboxylic acid groups (broad SMARTS) is 1. The Labute approximate surface area is 474 Å². The fraction of sp³-hybridized carbons (Fsp3) is 0.379. The number of phenols is 1. The zero-order valence-corrected chi connectivity index (χ0v) is 46.3. The van der Waals surface area contributed by atoms with Gasteiger partial charge in [-0.25, -0.2) is 4.79 Å². The van der Waals surface area contributed by atoms with Crippen molar-refractivity contribution >= 4 is 70.2 Å². The van der Waals surface area contributed by atoms with Crippen LogP contribution in [0.4, 0.5) is 4.79 Å². The van der Waals surface area contributed by atoms with Gasteiger partial charge in [-0.05, 0) is 86.9 Å². The van der Waals surface area contributed by atoms with Crippen molar-refractivity contribution in [3.63, 3.8) is 0 Å². The number of aromatic nitrogens is 1. The molecule has 24 nitrogen and oxygen atoms in total. The maximum absolute atomic E-state index is 14.4. The van der Waals surface area contributed by atoms with E-state index in [1.807, 2.05) is 19.1 Å². The lowest BCUT2D eigenvalue weighted by Gasteiger charge is -2.27. The smallest absolute Gasteiger partial charge is 0.408 e. The Morgan fingerprint density at radius 3 is 1.66 bits per heavy atom. The van der Waals surface area contributed by atoms with E-state index in [0.717, 1.165) is 5.39 Å². The first-order valence-electron chi connectivity index (χ1n) is 26.7. The number of hydrogen-bond donors (Lipinski definition) is 13. The van der Waals surface area contributed by atoms with Gasteiger partial charge in [-0.2, -0.15) is 0 Å². The van der Waals surface area contributed by atoms with Gasteiger partial charge in [0, 0.05) is 30.5 Å². The van der Waals surface area contributed by atoms with E-state index in [0.29, 0.717) is 40.7 Å². The molecule has 0 aliphatic heterocycles. The molecule has 438 valence electrons. The molecule has 4 aromatic carbocycles. The predicted molar refractivity (Wildman–Crippen MR) is 302 cm³/mol. The number of hydrazine groups is 1. The topological polar surface area (TPSA) is 370 Å². The summed E-state index contributed by atoms with van der Waals surface area (Å²) in [5, 5.41) is 37.9. The minimum absolute atomic E-state index is 0.00121. The molecule has 82 heavy (non-hydrogen) atoms. The van der Waals surface area contributed by atoms with Crippen molar-refractivity contribution in [2.45, 2.75) is 134 Å². The third-order valence-corrected chi connectivity index (χ3v) is 12.6. The molecular formula is C58H73N11O13. The number of aliphatic carboxylic acids is 1. The molecule has 0 saturated carbocycles. The standard InChI is InChI=1S/C58H73N11O13/c1-6-7-21-43(64-54(78)47(32-49(72)73)66-53(77)44(28-35-16-10-8-11-17-35)67-57(81)82-58(3,4)5)52(76)65-46(31-39-30-38-20-14-15-22-42(38)62-39)56(80)69-68-55(79)45(29-36-18-12-9-13-19-36)63-48(71)33-60-50(74)34(2)61-51(75)41(59)27-37-23-25-40(70)26-24-37/h8-20,22-26,30,34,41,43-47,62,70H,6-7,21,27-29,31-33,59H2,1-5H3,(H,60,74)(H,61,75)(H,63,71)(H,64,78)(H,65,76)(H,66,77)(H,67,81)(H,68,79)(H,69,80)(H,72,73). The molecule has 7 atom stereocenters. The predicted octanol–water partition coefficient (Wildman–Crippen LogP) is 1.74. The van der Waals surface area contributed by atoms with Gasteiger partial charge >= 0.3 is 12.1 Å². The molecule has 14 N–H and O–H groups in total. The number of phenolic OH excluding ortho intramolecular Hbond substituents is 1. The lowest BCUT2D eigenvalue weighted by Crippen LogP contribution is -2.60. The fourth-order valence-corrected chi connectivity index (χ4v) is 8.35. The summed E-state index contributed by atoms with van der Waals surface area (Å²) in [4.78, 5) is 138. The number of hydrogen-bond acceptors (Lipinski definition) is 13. The number of benzene rings is 4. The zero-order chi connectivity index (χ0) is 59.9. The summed E-state index contributed by atoms with van der Waals surface area (Å²) in [5.74, 6) is -8.29. The number of nitrogens with two attached hydrogens (primary N) is 1. The molecule has 1 aromatic heterocycles. The Hall–Kier alpha value is -9.32. The molecule has 5 aromatic rings. The molecule has 5 rings (SSSR count). The summed E-state index contributed by atoms with van der Waals surface area (Å²) >= 11 is 0. The van der Waals surface area contributed by atoms with Crippen molar-refractivity contribution in [2.24, 2.45) is 5.73 Å². The van der Waals surface area contributed by atoms with Gasteiger partial charge in [0.2, 0.25) is 35.4 Å². The Kier molecular flexibility index (Phi) is 23.9. The number of para-hydroxylation sites is 1. The molecule has 7 unspecified atom stereocenters. The Morgan fingerprint density at radius 1 is 0.573 bits per heavy atom. The highest BCUT2D eigenvalue weighted by Crippen LogP contribution is 2.17. The largest absolute Gasteiger partial charge is 0.508 e. The van der Waals surface area contributed by atoms with Crippen molar-refractivity contribution in [2.75, 3.05) is 6.54 Å². The summed E-state index contributed by atoms with van der Waals surface area (Å²) in [5.41, 5.74) is 12.9. The number of fused-ring (bicyclic) bond motifs is 1. The first kappa shape index (κ1) is 63.5. The molecule has 0 radical (unpaired) electrons. The number of carbonyl (C=O) groups excluding carboxylic acids is 9. The van der Waals surface area contributed by atoms with Crippen LogP contribution < -0.4 is 53.8 Å². The van der Waals surface area contributed by atoms with Gasteiger partial charge in [-0.1, -0.05) is 111 Å². The van der Waals surface area contributed by atoms with Crippen LogP contribution in [-0.4, -0.2) is 129 Å². The van der Waals surface area contributed by atoms with Crippen LogP contribution in [0.1, 0.15) is 82.7 Å². The summed E-state index contributed by atoms with van der Waals surface area (Å²) < 4.78 is 5.37. The van der Waals surface area contributed by atoms with Crippen molar-refractivity contribution in [1.29, 1.82) is 0 Å². The van der Waals surface area contributed by atoms with E-state index in [1.54, 1.807) is 112 Å². The van der Waals surface area contributed by atoms with Gasteiger partial charge in [0.1, 0.15) is 47.6 Å². The third kappa shape index (κ3) is 21.4. The number of carboxylic acids is 1. The lowest BCUT2D eigenvalue weighted by atomic mass is 10.0. The molecule has 0 spiro atoms. The van der Waals surface area contributed by atoms with E-state index in [9.17, 15) is 58.2 Å². The molecule has 1 heterocycles. The second-order valence-electron chi connectivity index (χ2n) is 20.6. The number of nitrogens with one attached hydrogen (secondary N) is 10. The average molecular weight is 1130 g/mol. The van der Waals surface area contributed by atoms with E-state index < -0.39 is 120 Å². The second kappa shape index (κ2) is 30.9. The van der Waals surface area contributed by atoms with E-state index in [4.69, 9.17) is 10.5 Å². The number of rotatable bonds is 28. The summed E-state index contributed by atoms with van der Waals surface area (Å²) in [6.45, 7) is 7.48. The van der Waals surface area contributed by atoms with E-state index in [-0.39, 0.29) is 37.9 Å². The van der Waals surface area contributed by atoms with Crippen LogP contribution in [-0.2, 0) is 73.6 Å². The SMILES string of the molecule is CCCCC(NC(=O)C(CC(=O)O)NC(=O)C(Cc1ccccc1)NC(=O)OC(C)(C)C)C(=O)NC(Cc1cc2ccccc2[nH]1)C(=O)NNC(=O)C(Cc1ccccc1)NC(=O)CNC(=O)C(C)NC(=O)C(N)Cc1ccc(O)cc1. The molecule has 0 fully saturated rings. The monoisotopic (exact) mass is 1130 g/mol. The number of aromatic hydroxyl groups is 1. The van der Waals surface area contributed by atoms with E-state index in [2.05, 4.69) is 53.1 Å². The molecule has 0 aliphatic carbocycles. The Bertz CT molecular complexity index is 2970. The van der Waals surface area contributed by atoms with Gasteiger partial charge < -0.3 is 62.9 Å². The first-order valence-corrected chi connectivity index (χ1v) is 26.7. The van der Waals surface area contributed by atoms with Crippen LogP contribution >= 0.6 is 0 Å². The summed E-state index contributed by atoms with van der Waals surface area (Å²) in [6, 6.07) is 22.8. The molecule has 24 heteroatoms. The Balaban J connectivity index is 1.29. The first-order chi connectivity index (χ1) is 39.0. The zero-order valence-electron chi connectivity index (χ0n) is 46.3. The molecule has 9 amide bonds. The van der Waals surface area contributed by atoms with E-state index in [1.165, 1.54) is 19.1 Å². The van der Waals surface area contributed by atoms with Crippen molar-refractivity contribution < 1.29 is 62.9 Å². The van der Waals surface area contributed by atoms with Gasteiger partial charge in [0.25, 0.3) is 11.8 Å². The number of aromatic amines is 1. The van der Waals surface area contributed by atoms with Crippen LogP contribution in [0.25, 0.3) is 10.9 Å². The van der Waals surface area contributed by atoms with Crippen molar-refractivity contribution in [3.8, 4) is 5.75 Å². The Morgan fingerprint density at radius 2 is 1.09 bits per heavy atom. The maximum Gasteiger partial charge on any atom is 0.408 e. The van der Waals surface area contributed by atoms with Gasteiger partial charge in [-0.3, -0.25) is 54.0 Å². The van der Waals surface area contributed by atoms with Crippen LogP contribution in [0.3, 0.4) is 0 Å². The maximum atomic E-state index is 14.4. The minimum atomic E-state index is -1.76. The van der Waals surface area contributed by atoms with Gasteiger partial charge in [0.15, 0.2) is 0 Å². The van der Waals surface area contributed by atoms with Crippen molar-refractivity contribution in [1.82, 2.24) is 53.1 Å². The summed E-state index contributed by atoms with van der Waals surface area (Å²) in [6.07, 6.45) is -1.17. The van der Waals surface area contributed by atoms with Crippen LogP contribution in [0, 0.1) is 0 Å². The average Bonchev–Trinajstić information content (AvgIpc) is 4.10. The highest BCUT2D eigenvalue weighted by Gasteiger charge is 2.34. The van der Waals surface area contributed by atoms with Crippen molar-refractivity contribution in [3.05, 3.63) is 138 Å². The van der Waals surface area contributed by atoms with Crippen LogP contribution in [0.5, 0.6) is 5.75 Å². The van der Waals surface area contributed by atoms with Crippen LogP contribution in [0.15, 0.2) is 115 Å². The molecule has 0 saturated heterocycles. The number of unbranched alkanes of at least 4 members (excludes halogenated alkanes) is 1. The lowest BCUT2D eigenvalue weighted by molar-refractivity contribution is -0.141. The number of ether oxygens (including phenoxy) is 1. The van der Waals surface area contributed by atoms with Crippen LogP contribution in [0.2, 0.25) is 0 Å². The molecular weight excluding hydrogens is 1060 g/mol. The molecule has 0 aliphatic rings. The molecule has 0 bridgehead atoms. The van der Waals surface area contributed by atoms with Gasteiger partial charge in [0.05, 0.1) is 19.0 Å². The number of carbonyl (C=O) groups is 10. The van der Waals surface area contributed by atoms with Gasteiger partial charge in [-0.15, -0.1) is 0 Å². The summed E-state index contributed by atoms with van der Waals surface area (Å²) in [7, 11) is 0. The number of alkyl carbamates (subject to hydrolysis) is 1. The number of amides is 9. The third-order valence-electron chi connectivity index (χ3n) is 12.6. The fourth-order valence-electron chi connectivity index (χ4n) is 8.35. The highest BCUT2D eigenvalue weighted by atomic mass is 16.6. The normalized spacial score (nSPS) is 13.7. The minimum Gasteiger partial charge on any atom is -0.508 e. The second-order valence-corrected chi connectivity index (χ2v) is 20.6. The number of H-pyrrole nitrogens is 1. The highest BCUT2D eigenvalue weighted by molar-refractivity contribution is 5.98.